The summed E-state index contributed by atoms with van der Waals surface area (Å²) in [4.78, 5) is 4.34. The number of alkyl halides is 3. The van der Waals surface area contributed by atoms with Crippen molar-refractivity contribution in [2.45, 2.75) is 31.5 Å². The van der Waals surface area contributed by atoms with Gasteiger partial charge in [-0.05, 0) is 31.5 Å². The maximum atomic E-state index is 14.2. The Morgan fingerprint density at radius 3 is 3.04 bits per heavy atom. The van der Waals surface area contributed by atoms with Gasteiger partial charge in [-0.25, -0.2) is 4.39 Å². The first-order valence-corrected chi connectivity index (χ1v) is 7.82. The van der Waals surface area contributed by atoms with Crippen molar-refractivity contribution in [2.75, 3.05) is 13.1 Å². The maximum absolute atomic E-state index is 14.2. The largest absolute Gasteiger partial charge is 0.435 e. The quantitative estimate of drug-likeness (QED) is 0.927. The Morgan fingerprint density at radius 1 is 1.38 bits per heavy atom. The second kappa shape index (κ2) is 5.77. The van der Waals surface area contributed by atoms with Crippen LogP contribution in [0.2, 0.25) is 0 Å². The highest BCUT2D eigenvalue weighted by Crippen LogP contribution is 2.64. The van der Waals surface area contributed by atoms with Crippen LogP contribution in [-0.2, 0) is 0 Å². The first-order valence-electron chi connectivity index (χ1n) is 7.82. The number of nitrogens with one attached hydrogen (secondary N) is 1. The van der Waals surface area contributed by atoms with Gasteiger partial charge < -0.3 is 14.6 Å². The van der Waals surface area contributed by atoms with Gasteiger partial charge in [-0.1, -0.05) is 17.3 Å². The van der Waals surface area contributed by atoms with Crippen molar-refractivity contribution in [1.82, 2.24) is 15.5 Å². The molecule has 0 amide bonds. The Hall–Kier alpha value is -2.09. The van der Waals surface area contributed by atoms with E-state index < -0.39 is 18.2 Å². The van der Waals surface area contributed by atoms with Crippen LogP contribution in [0, 0.1) is 5.41 Å². The highest BCUT2D eigenvalue weighted by atomic mass is 19.3. The third-order valence-corrected chi connectivity index (χ3v) is 4.89. The fourth-order valence-electron chi connectivity index (χ4n) is 3.49. The van der Waals surface area contributed by atoms with E-state index in [-0.39, 0.29) is 17.5 Å². The predicted octanol–water partition coefficient (Wildman–Crippen LogP) is 3.14. The number of aromatic nitrogens is 2. The summed E-state index contributed by atoms with van der Waals surface area (Å²) in [5, 5.41) is 6.94. The number of benzene rings is 1. The highest BCUT2D eigenvalue weighted by Gasteiger charge is 2.63. The first kappa shape index (κ1) is 15.4. The molecule has 128 valence electrons. The van der Waals surface area contributed by atoms with Crippen molar-refractivity contribution in [3.05, 3.63) is 30.2 Å². The lowest BCUT2D eigenvalue weighted by molar-refractivity contribution is -0.0498. The number of rotatable bonds is 4. The standard InChI is InChI=1S/C16H16F3N3O2/c17-12-8-20-5-4-16(12)7-11(16)14-21-13(22-24-14)9-2-1-3-10(6-9)23-15(18)19/h1-3,6,11-12,15,20H,4-5,7-8H2. The molecule has 1 aromatic carbocycles. The van der Waals surface area contributed by atoms with Gasteiger partial charge in [0.1, 0.15) is 11.9 Å². The van der Waals surface area contributed by atoms with Crippen LogP contribution in [0.4, 0.5) is 13.2 Å². The van der Waals surface area contributed by atoms with E-state index in [1.807, 2.05) is 0 Å². The predicted molar refractivity (Wildman–Crippen MR) is 78.5 cm³/mol. The van der Waals surface area contributed by atoms with Crippen LogP contribution in [0.1, 0.15) is 24.7 Å². The molecule has 1 saturated carbocycles. The van der Waals surface area contributed by atoms with Crippen LogP contribution in [0.25, 0.3) is 11.4 Å². The van der Waals surface area contributed by atoms with Crippen LogP contribution in [0.3, 0.4) is 0 Å². The van der Waals surface area contributed by atoms with Crippen molar-refractivity contribution < 1.29 is 22.4 Å². The second-order valence-corrected chi connectivity index (χ2v) is 6.27. The van der Waals surface area contributed by atoms with E-state index in [0.29, 0.717) is 24.4 Å². The SMILES string of the molecule is FC(F)Oc1cccc(-c2noc(C3CC34CCNCC4F)n2)c1. The lowest BCUT2D eigenvalue weighted by Crippen LogP contribution is -2.40. The van der Waals surface area contributed by atoms with E-state index >= 15 is 0 Å². The minimum absolute atomic E-state index is 0.0268. The molecule has 1 spiro atoms. The van der Waals surface area contributed by atoms with Gasteiger partial charge in [0, 0.05) is 23.4 Å². The van der Waals surface area contributed by atoms with Crippen molar-refractivity contribution >= 4 is 0 Å². The van der Waals surface area contributed by atoms with Gasteiger partial charge in [0.25, 0.3) is 0 Å². The molecule has 2 aromatic rings. The summed E-state index contributed by atoms with van der Waals surface area (Å²) in [6.07, 6.45) is 0.523. The van der Waals surface area contributed by atoms with Crippen LogP contribution >= 0.6 is 0 Å². The molecule has 1 aliphatic carbocycles. The molecule has 0 bridgehead atoms. The third kappa shape index (κ3) is 2.64. The zero-order valence-corrected chi connectivity index (χ0v) is 12.7. The number of ether oxygens (including phenoxy) is 1. The van der Waals surface area contributed by atoms with Gasteiger partial charge in [-0.2, -0.15) is 13.8 Å². The van der Waals surface area contributed by atoms with Crippen LogP contribution in [0.15, 0.2) is 28.8 Å². The monoisotopic (exact) mass is 339 g/mol. The van der Waals surface area contributed by atoms with Crippen molar-refractivity contribution in [2.24, 2.45) is 5.41 Å². The molecule has 3 unspecified atom stereocenters. The van der Waals surface area contributed by atoms with Gasteiger partial charge in [-0.3, -0.25) is 0 Å². The van der Waals surface area contributed by atoms with E-state index in [1.165, 1.54) is 12.1 Å². The molecule has 1 aromatic heterocycles. The van der Waals surface area contributed by atoms with Crippen molar-refractivity contribution in [3.63, 3.8) is 0 Å². The Balaban J connectivity index is 1.54. The fourth-order valence-corrected chi connectivity index (χ4v) is 3.49. The van der Waals surface area contributed by atoms with Gasteiger partial charge in [0.2, 0.25) is 11.7 Å². The molecule has 1 aliphatic heterocycles. The van der Waals surface area contributed by atoms with Crippen molar-refractivity contribution in [1.29, 1.82) is 0 Å². The summed E-state index contributed by atoms with van der Waals surface area (Å²) in [6, 6.07) is 6.10. The van der Waals surface area contributed by atoms with Gasteiger partial charge in [0.05, 0.1) is 0 Å². The molecule has 24 heavy (non-hydrogen) atoms. The normalized spacial score (nSPS) is 29.2. The molecular formula is C16H16F3N3O2. The Bertz CT molecular complexity index is 739. The second-order valence-electron chi connectivity index (χ2n) is 6.27. The molecule has 2 fully saturated rings. The number of hydrogen-bond acceptors (Lipinski definition) is 5. The summed E-state index contributed by atoms with van der Waals surface area (Å²) in [7, 11) is 0. The third-order valence-electron chi connectivity index (χ3n) is 4.89. The van der Waals surface area contributed by atoms with Gasteiger partial charge in [-0.15, -0.1) is 0 Å². The maximum Gasteiger partial charge on any atom is 0.387 e. The minimum Gasteiger partial charge on any atom is -0.435 e. The molecule has 2 heterocycles. The lowest BCUT2D eigenvalue weighted by atomic mass is 9.90. The van der Waals surface area contributed by atoms with Gasteiger partial charge in [0.15, 0.2) is 0 Å². The van der Waals surface area contributed by atoms with Gasteiger partial charge >= 0.3 is 6.61 Å². The van der Waals surface area contributed by atoms with Crippen LogP contribution in [0.5, 0.6) is 5.75 Å². The van der Waals surface area contributed by atoms with Crippen molar-refractivity contribution in [3.8, 4) is 17.1 Å². The molecule has 8 heteroatoms. The van der Waals surface area contributed by atoms with E-state index in [2.05, 4.69) is 20.2 Å². The van der Waals surface area contributed by atoms with E-state index in [0.717, 1.165) is 13.0 Å². The number of hydrogen-bond donors (Lipinski definition) is 1. The highest BCUT2D eigenvalue weighted by molar-refractivity contribution is 5.57. The molecule has 1 saturated heterocycles. The fraction of sp³-hybridized carbons (Fsp3) is 0.500. The molecule has 3 atom stereocenters. The summed E-state index contributed by atoms with van der Waals surface area (Å²) in [5.41, 5.74) is 0.121. The average molecular weight is 339 g/mol. The molecule has 1 N–H and O–H groups in total. The minimum atomic E-state index is -2.89. The summed E-state index contributed by atoms with van der Waals surface area (Å²) < 4.78 is 48.5. The summed E-state index contributed by atoms with van der Waals surface area (Å²) >= 11 is 0. The Labute approximate surface area is 136 Å². The number of halogens is 3. The Morgan fingerprint density at radius 2 is 2.25 bits per heavy atom. The zero-order chi connectivity index (χ0) is 16.7. The lowest BCUT2D eigenvalue weighted by Gasteiger charge is -2.27. The molecular weight excluding hydrogens is 323 g/mol. The van der Waals surface area contributed by atoms with E-state index in [1.54, 1.807) is 12.1 Å². The average Bonchev–Trinajstić information content (AvgIpc) is 3.05. The van der Waals surface area contributed by atoms with E-state index in [9.17, 15) is 13.2 Å². The van der Waals surface area contributed by atoms with E-state index in [4.69, 9.17) is 4.52 Å². The molecule has 2 aliphatic rings. The first-order chi connectivity index (χ1) is 11.6. The zero-order valence-electron chi connectivity index (χ0n) is 12.7. The molecule has 0 radical (unpaired) electrons. The molecule has 5 nitrogen and oxygen atoms in total. The smallest absolute Gasteiger partial charge is 0.387 e. The summed E-state index contributed by atoms with van der Waals surface area (Å²) in [5.74, 6) is 0.654. The number of nitrogens with zero attached hydrogens (tertiary/aromatic N) is 2. The number of piperidine rings is 1. The topological polar surface area (TPSA) is 60.2 Å². The summed E-state index contributed by atoms with van der Waals surface area (Å²) in [6.45, 7) is -1.76. The van der Waals surface area contributed by atoms with Crippen LogP contribution in [-0.4, -0.2) is 36.0 Å². The molecule has 4 rings (SSSR count). The van der Waals surface area contributed by atoms with Crippen LogP contribution < -0.4 is 10.1 Å². The Kier molecular flexibility index (Phi) is 3.71.